The number of carbonyl (C=O) groups is 2. The zero-order valence-corrected chi connectivity index (χ0v) is 14.0. The first-order chi connectivity index (χ1) is 12.6. The lowest BCUT2D eigenvalue weighted by Gasteiger charge is -2.06. The number of rotatable bonds is 5. The lowest BCUT2D eigenvalue weighted by Crippen LogP contribution is -2.28. The summed E-state index contributed by atoms with van der Waals surface area (Å²) in [5.41, 5.74) is 6.60. The van der Waals surface area contributed by atoms with Crippen LogP contribution in [0.5, 0.6) is 0 Å². The lowest BCUT2D eigenvalue weighted by molar-refractivity contribution is -0.120. The van der Waals surface area contributed by atoms with Crippen LogP contribution in [0, 0.1) is 11.3 Å². The normalized spacial score (nSPS) is 9.38. The first-order valence-corrected chi connectivity index (χ1v) is 7.72. The molecule has 9 nitrogen and oxygen atoms in total. The number of hydrogen-bond acceptors (Lipinski definition) is 6. The van der Waals surface area contributed by atoms with Crippen molar-refractivity contribution in [3.63, 3.8) is 0 Å². The molecule has 0 radical (unpaired) electrons. The van der Waals surface area contributed by atoms with Crippen molar-refractivity contribution in [2.75, 3.05) is 5.43 Å². The third kappa shape index (κ3) is 5.31. The molecule has 3 rings (SSSR count). The molecular weight excluding hydrogens is 334 g/mol. The Balaban J connectivity index is 0.000000189. The molecule has 0 bridgehead atoms. The van der Waals surface area contributed by atoms with Gasteiger partial charge in [-0.25, -0.2) is 9.97 Å². The summed E-state index contributed by atoms with van der Waals surface area (Å²) >= 11 is 0. The van der Waals surface area contributed by atoms with Gasteiger partial charge in [0.1, 0.15) is 0 Å². The van der Waals surface area contributed by atoms with E-state index in [1.807, 2.05) is 6.07 Å². The van der Waals surface area contributed by atoms with Crippen molar-refractivity contribution in [3.8, 4) is 6.07 Å². The molecule has 26 heavy (non-hydrogen) atoms. The zero-order chi connectivity index (χ0) is 18.8. The van der Waals surface area contributed by atoms with Crippen LogP contribution < -0.4 is 10.9 Å². The number of hydrogen-bond donors (Lipinski definition) is 4. The molecule has 0 spiro atoms. The fraction of sp³-hybridized carbons (Fsp3) is 0.118. The number of nitrogens with one attached hydrogen (secondary N) is 4. The van der Waals surface area contributed by atoms with Gasteiger partial charge in [-0.1, -0.05) is 6.92 Å². The molecule has 1 amide bonds. The largest absolute Gasteiger partial charge is 0.342 e. The van der Waals surface area contributed by atoms with Gasteiger partial charge >= 0.3 is 0 Å². The van der Waals surface area contributed by atoms with Crippen molar-refractivity contribution in [1.82, 2.24) is 25.4 Å². The maximum Gasteiger partial charge on any atom is 0.263 e. The molecule has 132 valence electrons. The highest BCUT2D eigenvalue weighted by atomic mass is 16.2. The van der Waals surface area contributed by atoms with Crippen LogP contribution in [-0.4, -0.2) is 31.6 Å². The van der Waals surface area contributed by atoms with Crippen LogP contribution in [0.15, 0.2) is 49.1 Å². The fourth-order valence-electron chi connectivity index (χ4n) is 1.75. The molecule has 0 aliphatic heterocycles. The van der Waals surface area contributed by atoms with Crippen LogP contribution >= 0.6 is 0 Å². The van der Waals surface area contributed by atoms with Gasteiger partial charge in [-0.15, -0.1) is 0 Å². The van der Waals surface area contributed by atoms with Crippen LogP contribution in [0.3, 0.4) is 0 Å². The van der Waals surface area contributed by atoms with E-state index in [0.717, 1.165) is 5.69 Å². The number of aromatic nitrogens is 4. The van der Waals surface area contributed by atoms with Gasteiger partial charge in [0, 0.05) is 31.2 Å². The van der Waals surface area contributed by atoms with Gasteiger partial charge in [0.25, 0.3) is 5.78 Å². The highest BCUT2D eigenvalue weighted by Gasteiger charge is 2.12. The number of carbonyl (C=O) groups excluding carboxylic acids is 2. The van der Waals surface area contributed by atoms with Crippen molar-refractivity contribution < 1.29 is 9.59 Å². The van der Waals surface area contributed by atoms with Crippen molar-refractivity contribution in [2.45, 2.75) is 13.3 Å². The minimum absolute atomic E-state index is 0.0747. The summed E-state index contributed by atoms with van der Waals surface area (Å²) in [6.07, 6.45) is 6.67. The Kier molecular flexibility index (Phi) is 6.65. The summed E-state index contributed by atoms with van der Waals surface area (Å²) in [4.78, 5) is 35.3. The van der Waals surface area contributed by atoms with Gasteiger partial charge in [-0.3, -0.25) is 20.4 Å². The highest BCUT2D eigenvalue weighted by molar-refractivity contribution is 6.03. The molecule has 2 heterocycles. The van der Waals surface area contributed by atoms with Gasteiger partial charge in [-0.05, 0) is 24.3 Å². The summed E-state index contributed by atoms with van der Waals surface area (Å²) in [7, 11) is 0. The standard InChI is InChI=1S/C10H11N3O.C7H6N4O/c1-2-10(14)13-12-9-5-3-8(7-11)4-6-9;12-5(6-8-1-2-9-6)7-10-3-4-11-7/h3-6,12H,2H2,1H3,(H,13,14);1-4H,(H,8,9)(H,10,11). The summed E-state index contributed by atoms with van der Waals surface area (Å²) in [6.45, 7) is 1.77. The molecule has 0 unspecified atom stereocenters. The second kappa shape index (κ2) is 9.39. The number of nitriles is 1. The van der Waals surface area contributed by atoms with Crippen LogP contribution in [-0.2, 0) is 4.79 Å². The second-order valence-electron chi connectivity index (χ2n) is 4.92. The topological polar surface area (TPSA) is 139 Å². The average molecular weight is 351 g/mol. The SMILES string of the molecule is CCC(=O)NNc1ccc(C#N)cc1.O=C(c1ncc[nH]1)c1ncc[nH]1. The van der Waals surface area contributed by atoms with E-state index < -0.39 is 0 Å². The van der Waals surface area contributed by atoms with Gasteiger partial charge in [-0.2, -0.15) is 5.26 Å². The smallest absolute Gasteiger partial charge is 0.263 e. The highest BCUT2D eigenvalue weighted by Crippen LogP contribution is 2.07. The quantitative estimate of drug-likeness (QED) is 0.408. The van der Waals surface area contributed by atoms with Crippen molar-refractivity contribution >= 4 is 17.4 Å². The lowest BCUT2D eigenvalue weighted by atomic mass is 10.2. The summed E-state index contributed by atoms with van der Waals surface area (Å²) < 4.78 is 0. The van der Waals surface area contributed by atoms with E-state index in [-0.39, 0.29) is 11.7 Å². The van der Waals surface area contributed by atoms with Crippen LogP contribution in [0.2, 0.25) is 0 Å². The van der Waals surface area contributed by atoms with Gasteiger partial charge in [0.05, 0.1) is 17.3 Å². The van der Waals surface area contributed by atoms with Gasteiger partial charge in [0.2, 0.25) is 5.91 Å². The van der Waals surface area contributed by atoms with E-state index in [1.165, 1.54) is 12.4 Å². The second-order valence-corrected chi connectivity index (χ2v) is 4.92. The number of amides is 1. The Bertz CT molecular complexity index is 827. The van der Waals surface area contributed by atoms with Gasteiger partial charge in [0.15, 0.2) is 11.6 Å². The average Bonchev–Trinajstić information content (AvgIpc) is 3.40. The molecule has 4 N–H and O–H groups in total. The Morgan fingerprint density at radius 3 is 2.08 bits per heavy atom. The Morgan fingerprint density at radius 1 is 1.08 bits per heavy atom. The predicted octanol–water partition coefficient (Wildman–Crippen LogP) is 1.78. The number of imidazole rings is 2. The number of nitrogens with zero attached hydrogens (tertiary/aromatic N) is 3. The third-order valence-corrected chi connectivity index (χ3v) is 3.11. The van der Waals surface area contributed by atoms with E-state index in [4.69, 9.17) is 5.26 Å². The summed E-state index contributed by atoms with van der Waals surface area (Å²) in [5, 5.41) is 8.54. The molecule has 3 aromatic rings. The van der Waals surface area contributed by atoms with Crippen molar-refractivity contribution in [1.29, 1.82) is 5.26 Å². The van der Waals surface area contributed by atoms with Crippen LogP contribution in [0.25, 0.3) is 0 Å². The first-order valence-electron chi connectivity index (χ1n) is 7.72. The molecule has 0 saturated heterocycles. The van der Waals surface area contributed by atoms with E-state index >= 15 is 0 Å². The van der Waals surface area contributed by atoms with E-state index in [0.29, 0.717) is 23.6 Å². The minimum atomic E-state index is -0.231. The van der Waals surface area contributed by atoms with Crippen LogP contribution in [0.1, 0.15) is 35.4 Å². The molecule has 0 fully saturated rings. The Labute approximate surface area is 149 Å². The number of ketones is 1. The summed E-state index contributed by atoms with van der Waals surface area (Å²) in [6, 6.07) is 8.84. The molecule has 0 aliphatic carbocycles. The fourth-order valence-corrected chi connectivity index (χ4v) is 1.75. The molecule has 9 heteroatoms. The van der Waals surface area contributed by atoms with E-state index in [2.05, 4.69) is 30.8 Å². The van der Waals surface area contributed by atoms with Gasteiger partial charge < -0.3 is 9.97 Å². The van der Waals surface area contributed by atoms with E-state index in [1.54, 1.807) is 43.6 Å². The number of benzene rings is 1. The van der Waals surface area contributed by atoms with Crippen molar-refractivity contribution in [2.24, 2.45) is 0 Å². The third-order valence-electron chi connectivity index (χ3n) is 3.11. The zero-order valence-electron chi connectivity index (χ0n) is 14.0. The molecule has 0 aliphatic rings. The molecule has 2 aromatic heterocycles. The molecule has 0 saturated carbocycles. The molecule has 1 aromatic carbocycles. The Hall–Kier alpha value is -3.93. The predicted molar refractivity (Wildman–Crippen MR) is 93.8 cm³/mol. The molecule has 0 atom stereocenters. The molecular formula is C17H17N7O2. The number of hydrazine groups is 1. The van der Waals surface area contributed by atoms with E-state index in [9.17, 15) is 9.59 Å². The van der Waals surface area contributed by atoms with Crippen LogP contribution in [0.4, 0.5) is 5.69 Å². The number of anilines is 1. The maximum atomic E-state index is 11.4. The Morgan fingerprint density at radius 2 is 1.65 bits per heavy atom. The van der Waals surface area contributed by atoms with Crippen molar-refractivity contribution in [3.05, 3.63) is 66.3 Å². The minimum Gasteiger partial charge on any atom is -0.342 e. The first kappa shape index (κ1) is 18.4. The number of H-pyrrole nitrogens is 2. The summed E-state index contributed by atoms with van der Waals surface area (Å²) in [5.74, 6) is 0.286. The monoisotopic (exact) mass is 351 g/mol. The maximum absolute atomic E-state index is 11.4. The number of aromatic amines is 2.